The number of hydrogen-bond donors (Lipinski definition) is 0. The zero-order chi connectivity index (χ0) is 19.5. The van der Waals surface area contributed by atoms with E-state index in [2.05, 4.69) is 27.8 Å². The van der Waals surface area contributed by atoms with Gasteiger partial charge in [0.2, 0.25) is 5.91 Å². The molecule has 0 saturated heterocycles. The zero-order valence-electron chi connectivity index (χ0n) is 15.7. The highest BCUT2D eigenvalue weighted by Gasteiger charge is 2.16. The number of rotatable bonds is 6. The lowest BCUT2D eigenvalue weighted by Gasteiger charge is -2.14. The predicted molar refractivity (Wildman–Crippen MR) is 116 cm³/mol. The molecular formula is C21H20N4OS2. The van der Waals surface area contributed by atoms with Crippen LogP contribution in [0.5, 0.6) is 0 Å². The van der Waals surface area contributed by atoms with Crippen LogP contribution in [-0.4, -0.2) is 27.0 Å². The maximum Gasteiger partial charge on any atom is 0.225 e. The average molecular weight is 409 g/mol. The van der Waals surface area contributed by atoms with Gasteiger partial charge in [0, 0.05) is 30.3 Å². The molecule has 0 unspecified atom stereocenters. The molecule has 0 saturated carbocycles. The lowest BCUT2D eigenvalue weighted by Crippen LogP contribution is -2.27. The maximum atomic E-state index is 11.7. The highest BCUT2D eigenvalue weighted by Crippen LogP contribution is 2.31. The number of benzene rings is 2. The maximum absolute atomic E-state index is 11.7. The van der Waals surface area contributed by atoms with Gasteiger partial charge in [0.05, 0.1) is 16.7 Å². The molecule has 28 heavy (non-hydrogen) atoms. The van der Waals surface area contributed by atoms with Crippen LogP contribution in [0, 0.1) is 0 Å². The van der Waals surface area contributed by atoms with Gasteiger partial charge < -0.3 is 0 Å². The van der Waals surface area contributed by atoms with Gasteiger partial charge in [0.25, 0.3) is 0 Å². The van der Waals surface area contributed by atoms with Crippen LogP contribution in [0.2, 0.25) is 0 Å². The van der Waals surface area contributed by atoms with E-state index in [9.17, 15) is 4.79 Å². The number of hydrogen-bond acceptors (Lipinski definition) is 5. The third-order valence-electron chi connectivity index (χ3n) is 4.36. The van der Waals surface area contributed by atoms with Crippen LogP contribution in [0.3, 0.4) is 0 Å². The van der Waals surface area contributed by atoms with E-state index in [1.54, 1.807) is 23.6 Å². The standard InChI is InChI=1S/C21H20N4OS2/c1-3-24(15(2)26)20-22-16(13-27-20)14-28-21-23-18-11-7-8-12-19(18)25(21)17-9-5-4-6-10-17/h4-13H,3,14H2,1-2H3. The van der Waals surface area contributed by atoms with Gasteiger partial charge in [-0.1, -0.05) is 42.1 Å². The summed E-state index contributed by atoms with van der Waals surface area (Å²) in [6.07, 6.45) is 0. The third kappa shape index (κ3) is 3.68. The number of thiazole rings is 1. The van der Waals surface area contributed by atoms with Crippen molar-refractivity contribution in [1.82, 2.24) is 14.5 Å². The summed E-state index contributed by atoms with van der Waals surface area (Å²) in [5.74, 6) is 0.712. The third-order valence-corrected chi connectivity index (χ3v) is 6.25. The van der Waals surface area contributed by atoms with E-state index in [-0.39, 0.29) is 5.91 Å². The molecule has 0 radical (unpaired) electrons. The number of carbonyl (C=O) groups is 1. The highest BCUT2D eigenvalue weighted by atomic mass is 32.2. The van der Waals surface area contributed by atoms with Crippen LogP contribution < -0.4 is 4.90 Å². The second-order valence-corrected chi connectivity index (χ2v) is 8.01. The lowest BCUT2D eigenvalue weighted by atomic mass is 10.3. The van der Waals surface area contributed by atoms with E-state index >= 15 is 0 Å². The first-order chi connectivity index (χ1) is 13.7. The Kier molecular flexibility index (Phi) is 5.45. The van der Waals surface area contributed by atoms with Crippen molar-refractivity contribution in [3.63, 3.8) is 0 Å². The second-order valence-electron chi connectivity index (χ2n) is 6.23. The van der Waals surface area contributed by atoms with E-state index in [1.165, 1.54) is 11.3 Å². The number of para-hydroxylation sites is 3. The summed E-state index contributed by atoms with van der Waals surface area (Å²) in [4.78, 5) is 22.9. The van der Waals surface area contributed by atoms with Crippen LogP contribution in [-0.2, 0) is 10.5 Å². The van der Waals surface area contributed by atoms with Crippen molar-refractivity contribution in [2.75, 3.05) is 11.4 Å². The van der Waals surface area contributed by atoms with Crippen LogP contribution in [0.1, 0.15) is 19.5 Å². The Labute approximate surface area is 172 Å². The van der Waals surface area contributed by atoms with Gasteiger partial charge in [0.1, 0.15) is 0 Å². The number of amides is 1. The van der Waals surface area contributed by atoms with E-state index in [0.717, 1.165) is 32.7 Å². The summed E-state index contributed by atoms with van der Waals surface area (Å²) in [5.41, 5.74) is 4.10. The molecule has 4 aromatic rings. The van der Waals surface area contributed by atoms with Gasteiger partial charge in [-0.2, -0.15) is 0 Å². The first-order valence-corrected chi connectivity index (χ1v) is 10.9. The molecule has 0 aliphatic rings. The van der Waals surface area contributed by atoms with Crippen molar-refractivity contribution in [3.8, 4) is 5.69 Å². The minimum absolute atomic E-state index is 0.0157. The molecule has 2 aromatic heterocycles. The van der Waals surface area contributed by atoms with Gasteiger partial charge in [-0.25, -0.2) is 9.97 Å². The van der Waals surface area contributed by atoms with Crippen molar-refractivity contribution >= 4 is 45.2 Å². The first kappa shape index (κ1) is 18.7. The Morgan fingerprint density at radius 1 is 1.11 bits per heavy atom. The van der Waals surface area contributed by atoms with Crippen LogP contribution in [0.4, 0.5) is 5.13 Å². The van der Waals surface area contributed by atoms with Crippen molar-refractivity contribution < 1.29 is 4.79 Å². The number of carbonyl (C=O) groups excluding carboxylic acids is 1. The summed E-state index contributed by atoms with van der Waals surface area (Å²) in [6, 6.07) is 18.4. The molecule has 1 amide bonds. The SMILES string of the molecule is CCN(C(C)=O)c1nc(CSc2nc3ccccc3n2-c2ccccc2)cs1. The Morgan fingerprint density at radius 2 is 1.86 bits per heavy atom. The summed E-state index contributed by atoms with van der Waals surface area (Å²) in [6.45, 7) is 4.15. The summed E-state index contributed by atoms with van der Waals surface area (Å²) >= 11 is 3.16. The Bertz CT molecular complexity index is 1100. The number of anilines is 1. The zero-order valence-corrected chi connectivity index (χ0v) is 17.3. The minimum Gasteiger partial charge on any atom is -0.289 e. The average Bonchev–Trinajstić information content (AvgIpc) is 3.31. The Balaban J connectivity index is 1.63. The summed E-state index contributed by atoms with van der Waals surface area (Å²) in [5, 5.41) is 3.70. The Hall–Kier alpha value is -2.64. The highest BCUT2D eigenvalue weighted by molar-refractivity contribution is 7.98. The van der Waals surface area contributed by atoms with Crippen molar-refractivity contribution in [2.24, 2.45) is 0 Å². The fraction of sp³-hybridized carbons (Fsp3) is 0.190. The van der Waals surface area contributed by atoms with Crippen molar-refractivity contribution in [3.05, 3.63) is 65.7 Å². The van der Waals surface area contributed by atoms with Gasteiger partial charge in [-0.05, 0) is 31.2 Å². The molecule has 0 atom stereocenters. The second kappa shape index (κ2) is 8.16. The molecule has 0 aliphatic heterocycles. The molecule has 0 spiro atoms. The van der Waals surface area contributed by atoms with E-state index < -0.39 is 0 Å². The van der Waals surface area contributed by atoms with Gasteiger partial charge >= 0.3 is 0 Å². The molecule has 2 aromatic carbocycles. The van der Waals surface area contributed by atoms with E-state index in [1.807, 2.05) is 48.7 Å². The van der Waals surface area contributed by atoms with Crippen LogP contribution >= 0.6 is 23.1 Å². The quantitative estimate of drug-likeness (QED) is 0.414. The molecular weight excluding hydrogens is 388 g/mol. The van der Waals surface area contributed by atoms with Crippen molar-refractivity contribution in [2.45, 2.75) is 24.8 Å². The minimum atomic E-state index is 0.0157. The fourth-order valence-electron chi connectivity index (χ4n) is 3.04. The number of fused-ring (bicyclic) bond motifs is 1. The molecule has 7 heteroatoms. The smallest absolute Gasteiger partial charge is 0.225 e. The van der Waals surface area contributed by atoms with Gasteiger partial charge in [0.15, 0.2) is 10.3 Å². The van der Waals surface area contributed by atoms with Crippen LogP contribution in [0.15, 0.2) is 65.1 Å². The number of nitrogens with zero attached hydrogens (tertiary/aromatic N) is 4. The lowest BCUT2D eigenvalue weighted by molar-refractivity contribution is -0.116. The number of thioether (sulfide) groups is 1. The fourth-order valence-corrected chi connectivity index (χ4v) is 5.00. The van der Waals surface area contributed by atoms with E-state index in [0.29, 0.717) is 12.3 Å². The van der Waals surface area contributed by atoms with Gasteiger partial charge in [-0.3, -0.25) is 14.3 Å². The first-order valence-electron chi connectivity index (χ1n) is 9.05. The Morgan fingerprint density at radius 3 is 2.61 bits per heavy atom. The summed E-state index contributed by atoms with van der Waals surface area (Å²) < 4.78 is 2.18. The number of imidazole rings is 1. The monoisotopic (exact) mass is 408 g/mol. The van der Waals surface area contributed by atoms with E-state index in [4.69, 9.17) is 4.98 Å². The molecule has 5 nitrogen and oxygen atoms in total. The van der Waals surface area contributed by atoms with Gasteiger partial charge in [-0.15, -0.1) is 11.3 Å². The normalized spacial score (nSPS) is 11.1. The predicted octanol–water partition coefficient (Wildman–Crippen LogP) is 5.15. The molecule has 0 aliphatic carbocycles. The molecule has 0 fully saturated rings. The number of aromatic nitrogens is 3. The molecule has 142 valence electrons. The van der Waals surface area contributed by atoms with Crippen molar-refractivity contribution in [1.29, 1.82) is 0 Å². The summed E-state index contributed by atoms with van der Waals surface area (Å²) in [7, 11) is 0. The van der Waals surface area contributed by atoms with Crippen LogP contribution in [0.25, 0.3) is 16.7 Å². The molecule has 2 heterocycles. The molecule has 4 rings (SSSR count). The molecule has 0 N–H and O–H groups in total. The topological polar surface area (TPSA) is 51.0 Å². The molecule has 0 bridgehead atoms. The largest absolute Gasteiger partial charge is 0.289 e.